The smallest absolute Gasteiger partial charge is 0.257 e. The molecule has 1 unspecified atom stereocenters. The van der Waals surface area contributed by atoms with Crippen LogP contribution < -0.4 is 0 Å². The molecule has 0 amide bonds. The van der Waals surface area contributed by atoms with Gasteiger partial charge in [-0.1, -0.05) is 15.9 Å². The zero-order valence-electron chi connectivity index (χ0n) is 6.10. The van der Waals surface area contributed by atoms with Crippen molar-refractivity contribution in [3.8, 4) is 0 Å². The monoisotopic (exact) mass is 233 g/mol. The molecule has 1 aliphatic rings. The van der Waals surface area contributed by atoms with E-state index in [1.807, 2.05) is 0 Å². The number of aromatic nitrogens is 1. The Bertz CT molecular complexity index is 314. The van der Waals surface area contributed by atoms with Gasteiger partial charge in [-0.3, -0.25) is 4.98 Å². The van der Waals surface area contributed by atoms with E-state index in [1.54, 1.807) is 12.1 Å². The number of hydrogen-bond acceptors (Lipinski definition) is 1. The Kier molecular flexibility index (Phi) is 1.68. The van der Waals surface area contributed by atoms with Crippen molar-refractivity contribution >= 4 is 15.9 Å². The lowest BCUT2D eigenvalue weighted by molar-refractivity contribution is 0.111. The number of halogens is 3. The second-order valence-corrected chi connectivity index (χ2v) is 3.83. The zero-order valence-corrected chi connectivity index (χ0v) is 7.68. The summed E-state index contributed by atoms with van der Waals surface area (Å²) in [5.74, 6) is -3.18. The van der Waals surface area contributed by atoms with E-state index in [-0.39, 0.29) is 6.42 Å². The minimum atomic E-state index is -2.52. The number of nitrogens with zero attached hydrogens (tertiary/aromatic N) is 1. The molecular weight excluding hydrogens is 228 g/mol. The van der Waals surface area contributed by atoms with Gasteiger partial charge in [-0.25, -0.2) is 8.78 Å². The molecule has 1 aliphatic carbocycles. The van der Waals surface area contributed by atoms with Crippen LogP contribution in [0.2, 0.25) is 0 Å². The van der Waals surface area contributed by atoms with Crippen LogP contribution in [0.1, 0.15) is 18.0 Å². The van der Waals surface area contributed by atoms with Crippen LogP contribution in [0.4, 0.5) is 8.78 Å². The average molecular weight is 234 g/mol. The molecule has 1 atom stereocenters. The van der Waals surface area contributed by atoms with Crippen LogP contribution in [0.3, 0.4) is 0 Å². The molecule has 4 heteroatoms. The summed E-state index contributed by atoms with van der Waals surface area (Å²) in [7, 11) is 0. The van der Waals surface area contributed by atoms with Crippen molar-refractivity contribution in [2.75, 3.05) is 0 Å². The fraction of sp³-hybridized carbons (Fsp3) is 0.375. The van der Waals surface area contributed by atoms with Gasteiger partial charge >= 0.3 is 0 Å². The Morgan fingerprint density at radius 3 is 2.75 bits per heavy atom. The standard InChI is InChI=1S/C8H6BrF2N/c9-5-1-2-12-7(3-5)6-4-8(6,10)11/h1-3,6H,4H2. The van der Waals surface area contributed by atoms with Crippen LogP contribution in [-0.4, -0.2) is 10.9 Å². The molecule has 12 heavy (non-hydrogen) atoms. The highest BCUT2D eigenvalue weighted by atomic mass is 79.9. The van der Waals surface area contributed by atoms with Gasteiger partial charge in [0.15, 0.2) is 0 Å². The largest absolute Gasteiger partial charge is 0.261 e. The first-order chi connectivity index (χ1) is 5.59. The maximum Gasteiger partial charge on any atom is 0.257 e. The van der Waals surface area contributed by atoms with E-state index in [0.29, 0.717) is 5.69 Å². The molecule has 1 heterocycles. The Balaban J connectivity index is 2.26. The zero-order chi connectivity index (χ0) is 8.77. The van der Waals surface area contributed by atoms with Crippen molar-refractivity contribution in [1.29, 1.82) is 0 Å². The Hall–Kier alpha value is -0.510. The summed E-state index contributed by atoms with van der Waals surface area (Å²) in [6, 6.07) is 3.37. The fourth-order valence-corrected chi connectivity index (χ4v) is 1.50. The van der Waals surface area contributed by atoms with Crippen molar-refractivity contribution in [2.45, 2.75) is 18.3 Å². The van der Waals surface area contributed by atoms with Crippen LogP contribution in [0.5, 0.6) is 0 Å². The lowest BCUT2D eigenvalue weighted by Crippen LogP contribution is -1.94. The molecule has 0 saturated heterocycles. The third-order valence-electron chi connectivity index (χ3n) is 1.93. The maximum absolute atomic E-state index is 12.6. The van der Waals surface area contributed by atoms with E-state index in [4.69, 9.17) is 0 Å². The van der Waals surface area contributed by atoms with Crippen molar-refractivity contribution in [2.24, 2.45) is 0 Å². The van der Waals surface area contributed by atoms with Gasteiger partial charge in [0.1, 0.15) is 0 Å². The maximum atomic E-state index is 12.6. The molecule has 0 radical (unpaired) electrons. The first kappa shape index (κ1) is 8.10. The summed E-state index contributed by atoms with van der Waals surface area (Å²) in [6.07, 6.45) is 1.48. The first-order valence-electron chi connectivity index (χ1n) is 3.59. The molecule has 0 aliphatic heterocycles. The third kappa shape index (κ3) is 1.35. The highest BCUT2D eigenvalue weighted by Gasteiger charge is 2.58. The second-order valence-electron chi connectivity index (χ2n) is 2.92. The van der Waals surface area contributed by atoms with E-state index in [0.717, 1.165) is 4.47 Å². The lowest BCUT2D eigenvalue weighted by atomic mass is 10.2. The highest BCUT2D eigenvalue weighted by molar-refractivity contribution is 9.10. The van der Waals surface area contributed by atoms with Crippen LogP contribution in [0.15, 0.2) is 22.8 Å². The van der Waals surface area contributed by atoms with E-state index >= 15 is 0 Å². The summed E-state index contributed by atoms with van der Waals surface area (Å²) in [5.41, 5.74) is 0.481. The molecule has 64 valence electrons. The van der Waals surface area contributed by atoms with Gasteiger partial charge in [-0.15, -0.1) is 0 Å². The lowest BCUT2D eigenvalue weighted by Gasteiger charge is -1.97. The number of pyridine rings is 1. The summed E-state index contributed by atoms with van der Waals surface area (Å²) >= 11 is 3.21. The Labute approximate surface area is 76.9 Å². The second kappa shape index (κ2) is 2.49. The van der Waals surface area contributed by atoms with Gasteiger partial charge in [0.05, 0.1) is 11.6 Å². The molecule has 0 N–H and O–H groups in total. The number of alkyl halides is 2. The average Bonchev–Trinajstić information content (AvgIpc) is 2.60. The Morgan fingerprint density at radius 2 is 2.25 bits per heavy atom. The highest BCUT2D eigenvalue weighted by Crippen LogP contribution is 2.55. The molecule has 0 bridgehead atoms. The summed E-state index contributed by atoms with van der Waals surface area (Å²) in [5, 5.41) is 0. The minimum absolute atomic E-state index is 0.0591. The van der Waals surface area contributed by atoms with E-state index in [1.165, 1.54) is 6.20 Å². The van der Waals surface area contributed by atoms with Crippen molar-refractivity contribution in [1.82, 2.24) is 4.98 Å². The van der Waals surface area contributed by atoms with Gasteiger partial charge in [0, 0.05) is 17.1 Å². The van der Waals surface area contributed by atoms with Crippen molar-refractivity contribution < 1.29 is 8.78 Å². The van der Waals surface area contributed by atoms with Gasteiger partial charge in [-0.05, 0) is 12.1 Å². The molecule has 2 rings (SSSR count). The van der Waals surface area contributed by atoms with Crippen LogP contribution in [-0.2, 0) is 0 Å². The first-order valence-corrected chi connectivity index (χ1v) is 4.38. The predicted octanol–water partition coefficient (Wildman–Crippen LogP) is 2.97. The molecule has 1 fully saturated rings. The molecular formula is C8H6BrF2N. The minimum Gasteiger partial charge on any atom is -0.261 e. The van der Waals surface area contributed by atoms with E-state index < -0.39 is 11.8 Å². The molecule has 1 saturated carbocycles. The van der Waals surface area contributed by atoms with Crippen LogP contribution in [0, 0.1) is 0 Å². The predicted molar refractivity (Wildman–Crippen MR) is 44.2 cm³/mol. The number of rotatable bonds is 1. The Morgan fingerprint density at radius 1 is 1.58 bits per heavy atom. The summed E-state index contributed by atoms with van der Waals surface area (Å²) in [4.78, 5) is 3.89. The van der Waals surface area contributed by atoms with Gasteiger partial charge in [0.25, 0.3) is 5.92 Å². The van der Waals surface area contributed by atoms with E-state index in [9.17, 15) is 8.78 Å². The molecule has 1 aromatic heterocycles. The van der Waals surface area contributed by atoms with E-state index in [2.05, 4.69) is 20.9 Å². The van der Waals surface area contributed by atoms with Gasteiger partial charge in [-0.2, -0.15) is 0 Å². The van der Waals surface area contributed by atoms with Crippen molar-refractivity contribution in [3.63, 3.8) is 0 Å². The van der Waals surface area contributed by atoms with Gasteiger partial charge in [0.2, 0.25) is 0 Å². The normalized spacial score (nSPS) is 25.4. The van der Waals surface area contributed by atoms with Crippen LogP contribution >= 0.6 is 15.9 Å². The number of hydrogen-bond donors (Lipinski definition) is 0. The summed E-state index contributed by atoms with van der Waals surface area (Å²) < 4.78 is 25.9. The van der Waals surface area contributed by atoms with Gasteiger partial charge < -0.3 is 0 Å². The fourth-order valence-electron chi connectivity index (χ4n) is 1.15. The summed E-state index contributed by atoms with van der Waals surface area (Å²) in [6.45, 7) is 0. The molecule has 1 aromatic rings. The third-order valence-corrected chi connectivity index (χ3v) is 2.42. The molecule has 1 nitrogen and oxygen atoms in total. The van der Waals surface area contributed by atoms with Crippen molar-refractivity contribution in [3.05, 3.63) is 28.5 Å². The molecule has 0 spiro atoms. The SMILES string of the molecule is FC1(F)CC1c1cc(Br)ccn1. The topological polar surface area (TPSA) is 12.9 Å². The van der Waals surface area contributed by atoms with Crippen LogP contribution in [0.25, 0.3) is 0 Å². The molecule has 0 aromatic carbocycles. The quantitative estimate of drug-likeness (QED) is 0.727.